The highest BCUT2D eigenvalue weighted by Crippen LogP contribution is 2.27. The van der Waals surface area contributed by atoms with Crippen molar-refractivity contribution >= 4 is 0 Å². The molecule has 3 atom stereocenters. The molecule has 2 heterocycles. The molecule has 1 aliphatic rings. The highest BCUT2D eigenvalue weighted by Gasteiger charge is 2.22. The van der Waals surface area contributed by atoms with E-state index in [1.54, 1.807) is 0 Å². The minimum absolute atomic E-state index is 0.572. The lowest BCUT2D eigenvalue weighted by atomic mass is 9.99. The molecule has 1 aromatic rings. The Hall–Kier alpha value is -0.830. The first-order chi connectivity index (χ1) is 8.22. The first-order valence-corrected chi connectivity index (χ1v) is 6.94. The molecule has 0 radical (unpaired) electrons. The van der Waals surface area contributed by atoms with E-state index in [1.165, 1.54) is 25.0 Å². The maximum atomic E-state index is 4.36. The third kappa shape index (κ3) is 2.89. The largest absolute Gasteiger partial charge is 0.331 e. The first kappa shape index (κ1) is 12.6. The van der Waals surface area contributed by atoms with Crippen molar-refractivity contribution in [1.82, 2.24) is 14.9 Å². The van der Waals surface area contributed by atoms with Crippen LogP contribution in [-0.4, -0.2) is 22.6 Å². The molecule has 2 rings (SSSR count). The van der Waals surface area contributed by atoms with Crippen LogP contribution in [0.1, 0.15) is 57.7 Å². The molecule has 96 valence electrons. The highest BCUT2D eigenvalue weighted by molar-refractivity contribution is 5.10. The average Bonchev–Trinajstić information content (AvgIpc) is 2.98. The van der Waals surface area contributed by atoms with Crippen molar-refractivity contribution in [2.75, 3.05) is 13.1 Å². The summed E-state index contributed by atoms with van der Waals surface area (Å²) in [6.45, 7) is 9.19. The number of nitrogens with zero attached hydrogens (tertiary/aromatic N) is 2. The van der Waals surface area contributed by atoms with Crippen LogP contribution in [0.5, 0.6) is 0 Å². The lowest BCUT2D eigenvalue weighted by molar-refractivity contribution is 0.387. The standard InChI is InChI=1S/C14H25N3/c1-4-11(2)7-12(3)17-10-16-9-14(17)13-5-6-15-8-13/h9-13,15H,4-8H2,1-3H3. The number of hydrogen-bond acceptors (Lipinski definition) is 2. The minimum Gasteiger partial charge on any atom is -0.331 e. The lowest BCUT2D eigenvalue weighted by Crippen LogP contribution is -2.15. The molecular formula is C14H25N3. The van der Waals surface area contributed by atoms with E-state index in [1.807, 2.05) is 6.33 Å². The summed E-state index contributed by atoms with van der Waals surface area (Å²) in [6.07, 6.45) is 7.84. The van der Waals surface area contributed by atoms with Crippen LogP contribution in [0.2, 0.25) is 0 Å². The molecule has 3 unspecified atom stereocenters. The average molecular weight is 235 g/mol. The number of hydrogen-bond donors (Lipinski definition) is 1. The van der Waals surface area contributed by atoms with Gasteiger partial charge in [-0.2, -0.15) is 0 Å². The molecular weight excluding hydrogens is 210 g/mol. The van der Waals surface area contributed by atoms with Crippen LogP contribution < -0.4 is 5.32 Å². The molecule has 1 saturated heterocycles. The van der Waals surface area contributed by atoms with Crippen molar-refractivity contribution in [1.29, 1.82) is 0 Å². The summed E-state index contributed by atoms with van der Waals surface area (Å²) in [5, 5.41) is 3.44. The van der Waals surface area contributed by atoms with Gasteiger partial charge >= 0.3 is 0 Å². The van der Waals surface area contributed by atoms with Gasteiger partial charge in [-0.1, -0.05) is 20.3 Å². The third-order valence-electron chi connectivity index (χ3n) is 4.09. The summed E-state index contributed by atoms with van der Waals surface area (Å²) < 4.78 is 2.39. The van der Waals surface area contributed by atoms with Crippen molar-refractivity contribution in [2.45, 2.75) is 52.0 Å². The predicted octanol–water partition coefficient (Wildman–Crippen LogP) is 2.96. The Morgan fingerprint density at radius 3 is 3.00 bits per heavy atom. The molecule has 0 amide bonds. The summed E-state index contributed by atoms with van der Waals surface area (Å²) in [6, 6.07) is 0.572. The van der Waals surface area contributed by atoms with Crippen molar-refractivity contribution in [2.24, 2.45) is 5.92 Å². The zero-order chi connectivity index (χ0) is 12.3. The Bertz CT molecular complexity index is 339. The van der Waals surface area contributed by atoms with Gasteiger partial charge in [-0.3, -0.25) is 0 Å². The second kappa shape index (κ2) is 5.67. The number of imidazole rings is 1. The highest BCUT2D eigenvalue weighted by atomic mass is 15.1. The second-order valence-electron chi connectivity index (χ2n) is 5.51. The van der Waals surface area contributed by atoms with Crippen molar-refractivity contribution in [3.05, 3.63) is 18.2 Å². The number of aromatic nitrogens is 2. The minimum atomic E-state index is 0.572. The van der Waals surface area contributed by atoms with E-state index in [0.717, 1.165) is 19.0 Å². The van der Waals surface area contributed by atoms with Crippen LogP contribution in [0.15, 0.2) is 12.5 Å². The van der Waals surface area contributed by atoms with E-state index in [-0.39, 0.29) is 0 Å². The van der Waals surface area contributed by atoms with E-state index in [4.69, 9.17) is 0 Å². The first-order valence-electron chi connectivity index (χ1n) is 6.94. The number of nitrogens with one attached hydrogen (secondary N) is 1. The third-order valence-corrected chi connectivity index (χ3v) is 4.09. The fourth-order valence-electron chi connectivity index (χ4n) is 2.77. The van der Waals surface area contributed by atoms with Crippen LogP contribution in [-0.2, 0) is 0 Å². The fourth-order valence-corrected chi connectivity index (χ4v) is 2.77. The van der Waals surface area contributed by atoms with E-state index in [9.17, 15) is 0 Å². The Morgan fingerprint density at radius 2 is 2.35 bits per heavy atom. The van der Waals surface area contributed by atoms with Crippen LogP contribution in [0.3, 0.4) is 0 Å². The van der Waals surface area contributed by atoms with Crippen LogP contribution in [0, 0.1) is 5.92 Å². The van der Waals surface area contributed by atoms with Crippen molar-refractivity contribution in [3.8, 4) is 0 Å². The van der Waals surface area contributed by atoms with Crippen LogP contribution in [0.25, 0.3) is 0 Å². The van der Waals surface area contributed by atoms with Crippen molar-refractivity contribution in [3.63, 3.8) is 0 Å². The summed E-state index contributed by atoms with van der Waals surface area (Å²) in [5.41, 5.74) is 1.42. The summed E-state index contributed by atoms with van der Waals surface area (Å²) >= 11 is 0. The van der Waals surface area contributed by atoms with Crippen LogP contribution >= 0.6 is 0 Å². The Kier molecular flexibility index (Phi) is 4.21. The quantitative estimate of drug-likeness (QED) is 0.850. The smallest absolute Gasteiger partial charge is 0.0950 e. The summed E-state index contributed by atoms with van der Waals surface area (Å²) in [5.74, 6) is 1.46. The SMILES string of the molecule is CCC(C)CC(C)n1cncc1C1CCNC1. The van der Waals surface area contributed by atoms with Gasteiger partial charge in [0.15, 0.2) is 0 Å². The molecule has 0 saturated carbocycles. The van der Waals surface area contributed by atoms with E-state index in [0.29, 0.717) is 12.0 Å². The van der Waals surface area contributed by atoms with Gasteiger partial charge in [-0.05, 0) is 32.2 Å². The van der Waals surface area contributed by atoms with E-state index < -0.39 is 0 Å². The molecule has 3 heteroatoms. The molecule has 0 spiro atoms. The lowest BCUT2D eigenvalue weighted by Gasteiger charge is -2.21. The van der Waals surface area contributed by atoms with Gasteiger partial charge in [0.1, 0.15) is 0 Å². The normalized spacial score (nSPS) is 23.8. The Labute approximate surface area is 105 Å². The van der Waals surface area contributed by atoms with Crippen molar-refractivity contribution < 1.29 is 0 Å². The Balaban J connectivity index is 2.07. The van der Waals surface area contributed by atoms with Gasteiger partial charge in [0.2, 0.25) is 0 Å². The summed E-state index contributed by atoms with van der Waals surface area (Å²) in [7, 11) is 0. The molecule has 1 N–H and O–H groups in total. The van der Waals surface area contributed by atoms with E-state index >= 15 is 0 Å². The molecule has 1 fully saturated rings. The molecule has 1 aromatic heterocycles. The molecule has 0 bridgehead atoms. The Morgan fingerprint density at radius 1 is 1.53 bits per heavy atom. The fraction of sp³-hybridized carbons (Fsp3) is 0.786. The molecule has 0 aliphatic carbocycles. The molecule has 17 heavy (non-hydrogen) atoms. The summed E-state index contributed by atoms with van der Waals surface area (Å²) in [4.78, 5) is 4.36. The zero-order valence-corrected chi connectivity index (χ0v) is 11.3. The topological polar surface area (TPSA) is 29.9 Å². The van der Waals surface area contributed by atoms with Gasteiger partial charge in [-0.15, -0.1) is 0 Å². The van der Waals surface area contributed by atoms with Gasteiger partial charge in [0.25, 0.3) is 0 Å². The second-order valence-corrected chi connectivity index (χ2v) is 5.51. The van der Waals surface area contributed by atoms with Crippen LogP contribution in [0.4, 0.5) is 0 Å². The van der Waals surface area contributed by atoms with Gasteiger partial charge in [-0.25, -0.2) is 4.98 Å². The molecule has 3 nitrogen and oxygen atoms in total. The maximum Gasteiger partial charge on any atom is 0.0950 e. The molecule has 1 aliphatic heterocycles. The zero-order valence-electron chi connectivity index (χ0n) is 11.3. The monoisotopic (exact) mass is 235 g/mol. The molecule has 0 aromatic carbocycles. The maximum absolute atomic E-state index is 4.36. The number of rotatable bonds is 5. The van der Waals surface area contributed by atoms with Gasteiger partial charge < -0.3 is 9.88 Å². The predicted molar refractivity (Wildman–Crippen MR) is 71.2 cm³/mol. The van der Waals surface area contributed by atoms with Gasteiger partial charge in [0, 0.05) is 30.4 Å². The van der Waals surface area contributed by atoms with E-state index in [2.05, 4.69) is 41.8 Å². The van der Waals surface area contributed by atoms with Gasteiger partial charge in [0.05, 0.1) is 6.33 Å².